The summed E-state index contributed by atoms with van der Waals surface area (Å²) in [5.74, 6) is -0.471. The van der Waals surface area contributed by atoms with Gasteiger partial charge < -0.3 is 15.6 Å². The molecule has 1 atom stereocenters. The Balaban J connectivity index is 2.85. The number of methoxy groups -OCH3 is 1. The Morgan fingerprint density at radius 2 is 2.41 bits per heavy atom. The van der Waals surface area contributed by atoms with E-state index in [0.717, 1.165) is 0 Å². The van der Waals surface area contributed by atoms with E-state index in [4.69, 9.17) is 10.8 Å². The number of esters is 1. The first-order valence-electron chi connectivity index (χ1n) is 5.19. The first-order chi connectivity index (χ1) is 8.08. The lowest BCUT2D eigenvalue weighted by molar-refractivity contribution is 0.0601. The van der Waals surface area contributed by atoms with Crippen molar-refractivity contribution in [1.82, 2.24) is 4.98 Å². The Morgan fingerprint density at radius 3 is 3.00 bits per heavy atom. The van der Waals surface area contributed by atoms with Crippen molar-refractivity contribution in [1.29, 1.82) is 0 Å². The van der Waals surface area contributed by atoms with E-state index in [1.165, 1.54) is 25.1 Å². The highest BCUT2D eigenvalue weighted by molar-refractivity contribution is 7.99. The maximum atomic E-state index is 11.4. The normalized spacial score (nSPS) is 12.2. The standard InChI is InChI=1S/C11H16N2O3S/c1-7(3-4-14)17-10-5-8(11(15)16-2)9(12)6-13-10/h5-7,14H,3-4,12H2,1-2H3. The van der Waals surface area contributed by atoms with Crippen molar-refractivity contribution >= 4 is 23.4 Å². The zero-order valence-electron chi connectivity index (χ0n) is 9.84. The number of nitrogens with zero attached hydrogens (tertiary/aromatic N) is 1. The molecule has 0 aromatic carbocycles. The Kier molecular flexibility index (Phi) is 5.24. The zero-order valence-corrected chi connectivity index (χ0v) is 10.7. The third-order valence-electron chi connectivity index (χ3n) is 2.17. The molecule has 0 aliphatic carbocycles. The van der Waals surface area contributed by atoms with Crippen molar-refractivity contribution in [3.05, 3.63) is 17.8 Å². The van der Waals surface area contributed by atoms with Crippen molar-refractivity contribution < 1.29 is 14.6 Å². The minimum atomic E-state index is -0.471. The molecule has 1 aromatic heterocycles. The van der Waals surface area contributed by atoms with Gasteiger partial charge in [0.05, 0.1) is 29.6 Å². The van der Waals surface area contributed by atoms with Crippen LogP contribution >= 0.6 is 11.8 Å². The van der Waals surface area contributed by atoms with Gasteiger partial charge >= 0.3 is 5.97 Å². The fourth-order valence-electron chi connectivity index (χ4n) is 1.24. The average Bonchev–Trinajstić information content (AvgIpc) is 2.31. The van der Waals surface area contributed by atoms with Gasteiger partial charge in [-0.1, -0.05) is 6.92 Å². The van der Waals surface area contributed by atoms with Crippen LogP contribution in [-0.4, -0.2) is 35.0 Å². The van der Waals surface area contributed by atoms with Crippen LogP contribution in [0, 0.1) is 0 Å². The molecule has 94 valence electrons. The highest BCUT2D eigenvalue weighted by atomic mass is 32.2. The van der Waals surface area contributed by atoms with Gasteiger partial charge in [-0.25, -0.2) is 9.78 Å². The van der Waals surface area contributed by atoms with Crippen LogP contribution in [0.15, 0.2) is 17.3 Å². The molecule has 0 aliphatic rings. The summed E-state index contributed by atoms with van der Waals surface area (Å²) >= 11 is 1.48. The molecule has 0 saturated carbocycles. The van der Waals surface area contributed by atoms with Crippen molar-refractivity contribution in [2.45, 2.75) is 23.6 Å². The molecule has 3 N–H and O–H groups in total. The average molecular weight is 256 g/mol. The number of carbonyl (C=O) groups excluding carboxylic acids is 1. The van der Waals surface area contributed by atoms with E-state index in [1.807, 2.05) is 6.92 Å². The van der Waals surface area contributed by atoms with E-state index >= 15 is 0 Å². The number of aliphatic hydroxyl groups is 1. The number of pyridine rings is 1. The topological polar surface area (TPSA) is 85.4 Å². The van der Waals surface area contributed by atoms with E-state index in [-0.39, 0.29) is 11.9 Å². The predicted molar refractivity (Wildman–Crippen MR) is 67.0 cm³/mol. The van der Waals surface area contributed by atoms with E-state index < -0.39 is 5.97 Å². The highest BCUT2D eigenvalue weighted by Gasteiger charge is 2.13. The number of hydrogen-bond acceptors (Lipinski definition) is 6. The Bertz CT molecular complexity index is 398. The van der Waals surface area contributed by atoms with Crippen molar-refractivity contribution in [3.63, 3.8) is 0 Å². The maximum absolute atomic E-state index is 11.4. The van der Waals surface area contributed by atoms with Crippen LogP contribution < -0.4 is 5.73 Å². The van der Waals surface area contributed by atoms with Crippen LogP contribution in [0.2, 0.25) is 0 Å². The molecule has 17 heavy (non-hydrogen) atoms. The lowest BCUT2D eigenvalue weighted by Crippen LogP contribution is -2.07. The number of aromatic nitrogens is 1. The summed E-state index contributed by atoms with van der Waals surface area (Å²) in [5, 5.41) is 9.73. The summed E-state index contributed by atoms with van der Waals surface area (Å²) in [7, 11) is 1.31. The van der Waals surface area contributed by atoms with Gasteiger partial charge in [0, 0.05) is 11.9 Å². The van der Waals surface area contributed by atoms with Crippen molar-refractivity contribution in [2.75, 3.05) is 19.5 Å². The lowest BCUT2D eigenvalue weighted by Gasteiger charge is -2.10. The number of rotatable bonds is 5. The monoisotopic (exact) mass is 256 g/mol. The second kappa shape index (κ2) is 6.46. The van der Waals surface area contributed by atoms with Gasteiger partial charge in [0.1, 0.15) is 0 Å². The molecule has 1 unspecified atom stereocenters. The summed E-state index contributed by atoms with van der Waals surface area (Å²) in [4.78, 5) is 15.5. The molecule has 0 fully saturated rings. The van der Waals surface area contributed by atoms with Crippen LogP contribution in [0.25, 0.3) is 0 Å². The molecule has 1 aromatic rings. The number of hydrogen-bond donors (Lipinski definition) is 2. The summed E-state index contributed by atoms with van der Waals surface area (Å²) < 4.78 is 4.63. The van der Waals surface area contributed by atoms with Crippen LogP contribution in [-0.2, 0) is 4.74 Å². The van der Waals surface area contributed by atoms with Crippen LogP contribution in [0.5, 0.6) is 0 Å². The smallest absolute Gasteiger partial charge is 0.340 e. The van der Waals surface area contributed by atoms with Crippen LogP contribution in [0.1, 0.15) is 23.7 Å². The lowest BCUT2D eigenvalue weighted by atomic mass is 10.2. The summed E-state index contributed by atoms with van der Waals surface area (Å²) in [6, 6.07) is 1.61. The fourth-order valence-corrected chi connectivity index (χ4v) is 2.18. The van der Waals surface area contributed by atoms with Gasteiger partial charge in [-0.3, -0.25) is 0 Å². The summed E-state index contributed by atoms with van der Waals surface area (Å²) in [6.45, 7) is 2.11. The van der Waals surface area contributed by atoms with Gasteiger partial charge in [0.2, 0.25) is 0 Å². The predicted octanol–water partition coefficient (Wildman–Crippen LogP) is 1.31. The number of ether oxygens (including phenoxy) is 1. The number of nitrogen functional groups attached to an aromatic ring is 1. The first kappa shape index (κ1) is 13.8. The Labute approximate surface area is 104 Å². The van der Waals surface area contributed by atoms with Gasteiger partial charge in [0.25, 0.3) is 0 Å². The Hall–Kier alpha value is -1.27. The number of thioether (sulfide) groups is 1. The zero-order chi connectivity index (χ0) is 12.8. The van der Waals surface area contributed by atoms with Gasteiger partial charge in [-0.05, 0) is 12.5 Å². The molecule has 0 radical (unpaired) electrons. The minimum Gasteiger partial charge on any atom is -0.465 e. The van der Waals surface area contributed by atoms with Crippen molar-refractivity contribution in [3.8, 4) is 0 Å². The van der Waals surface area contributed by atoms with Gasteiger partial charge in [-0.2, -0.15) is 0 Å². The number of anilines is 1. The van der Waals surface area contributed by atoms with Crippen molar-refractivity contribution in [2.24, 2.45) is 0 Å². The third kappa shape index (κ3) is 3.90. The second-order valence-electron chi connectivity index (χ2n) is 3.54. The largest absolute Gasteiger partial charge is 0.465 e. The van der Waals surface area contributed by atoms with Gasteiger partial charge in [0.15, 0.2) is 0 Å². The second-order valence-corrected chi connectivity index (χ2v) is 5.00. The molecule has 1 heterocycles. The van der Waals surface area contributed by atoms with E-state index in [9.17, 15) is 4.79 Å². The number of nitrogens with two attached hydrogens (primary N) is 1. The maximum Gasteiger partial charge on any atom is 0.340 e. The minimum absolute atomic E-state index is 0.132. The molecule has 0 aliphatic heterocycles. The van der Waals surface area contributed by atoms with E-state index in [2.05, 4.69) is 9.72 Å². The van der Waals surface area contributed by atoms with Crippen LogP contribution in [0.4, 0.5) is 5.69 Å². The SMILES string of the molecule is COC(=O)c1cc(SC(C)CCO)ncc1N. The molecule has 1 rings (SSSR count). The van der Waals surface area contributed by atoms with Crippen LogP contribution in [0.3, 0.4) is 0 Å². The fraction of sp³-hybridized carbons (Fsp3) is 0.455. The van der Waals surface area contributed by atoms with Gasteiger partial charge in [-0.15, -0.1) is 11.8 Å². The molecular formula is C11H16N2O3S. The molecule has 5 nitrogen and oxygen atoms in total. The molecule has 6 heteroatoms. The number of carbonyl (C=O) groups is 1. The molecular weight excluding hydrogens is 240 g/mol. The highest BCUT2D eigenvalue weighted by Crippen LogP contribution is 2.25. The quantitative estimate of drug-likeness (QED) is 0.610. The van der Waals surface area contributed by atoms with E-state index in [0.29, 0.717) is 22.7 Å². The third-order valence-corrected chi connectivity index (χ3v) is 3.28. The number of aliphatic hydroxyl groups excluding tert-OH is 1. The molecule has 0 amide bonds. The van der Waals surface area contributed by atoms with E-state index in [1.54, 1.807) is 6.07 Å². The summed E-state index contributed by atoms with van der Waals surface area (Å²) in [6.07, 6.45) is 2.12. The molecule has 0 spiro atoms. The molecule has 0 bridgehead atoms. The summed E-state index contributed by atoms with van der Waals surface area (Å²) in [5.41, 5.74) is 6.27. The Morgan fingerprint density at radius 1 is 1.71 bits per heavy atom. The first-order valence-corrected chi connectivity index (χ1v) is 6.07. The molecule has 0 saturated heterocycles.